The minimum Gasteiger partial charge on any atom is -0.317 e. The lowest BCUT2D eigenvalue weighted by molar-refractivity contribution is 0.264. The molecule has 0 spiro atoms. The Bertz CT molecular complexity index is 369. The van der Waals surface area contributed by atoms with Gasteiger partial charge in [-0.05, 0) is 51.6 Å². The number of hydrogen-bond donors (Lipinski definition) is 2. The molecule has 0 aliphatic carbocycles. The van der Waals surface area contributed by atoms with Gasteiger partial charge in [0, 0.05) is 18.6 Å². The monoisotopic (exact) mass is 275 g/mol. The number of nitrogens with one attached hydrogen (secondary N) is 2. The molecule has 0 amide bonds. The largest absolute Gasteiger partial charge is 0.317 e. The van der Waals surface area contributed by atoms with Gasteiger partial charge in [-0.1, -0.05) is 6.92 Å². The standard InChI is InChI=1S/C12H25N3O2S/c1-11-3-9-15(10-4-11)18(16,17)14-12(2)5-7-13-8-6-12/h11,13-14H,3-10H2,1-2H3. The van der Waals surface area contributed by atoms with E-state index in [0.717, 1.165) is 38.8 Å². The van der Waals surface area contributed by atoms with E-state index in [1.807, 2.05) is 6.92 Å². The molecule has 2 rings (SSSR count). The molecule has 2 aliphatic rings. The normalized spacial score (nSPS) is 27.2. The Morgan fingerprint density at radius 1 is 1.22 bits per heavy atom. The Hall–Kier alpha value is -0.170. The van der Waals surface area contributed by atoms with Gasteiger partial charge in [-0.25, -0.2) is 0 Å². The summed E-state index contributed by atoms with van der Waals surface area (Å²) in [5.74, 6) is 0.644. The van der Waals surface area contributed by atoms with Crippen LogP contribution in [0.2, 0.25) is 0 Å². The highest BCUT2D eigenvalue weighted by Crippen LogP contribution is 2.22. The molecule has 2 saturated heterocycles. The second-order valence-corrected chi connectivity index (χ2v) is 7.67. The van der Waals surface area contributed by atoms with Gasteiger partial charge < -0.3 is 5.32 Å². The maximum Gasteiger partial charge on any atom is 0.279 e. The van der Waals surface area contributed by atoms with Crippen LogP contribution in [-0.2, 0) is 10.2 Å². The molecular weight excluding hydrogens is 250 g/mol. The molecule has 0 aromatic carbocycles. The van der Waals surface area contributed by atoms with Gasteiger partial charge in [0.25, 0.3) is 10.2 Å². The Morgan fingerprint density at radius 3 is 2.33 bits per heavy atom. The zero-order valence-electron chi connectivity index (χ0n) is 11.4. The number of hydrogen-bond acceptors (Lipinski definition) is 3. The summed E-state index contributed by atoms with van der Waals surface area (Å²) in [6, 6.07) is 0. The topological polar surface area (TPSA) is 61.4 Å². The van der Waals surface area contributed by atoms with Gasteiger partial charge in [-0.2, -0.15) is 17.4 Å². The minimum absolute atomic E-state index is 0.285. The highest BCUT2D eigenvalue weighted by atomic mass is 32.2. The fraction of sp³-hybridized carbons (Fsp3) is 1.00. The van der Waals surface area contributed by atoms with Crippen LogP contribution in [0.3, 0.4) is 0 Å². The van der Waals surface area contributed by atoms with E-state index in [4.69, 9.17) is 0 Å². The zero-order valence-corrected chi connectivity index (χ0v) is 12.2. The van der Waals surface area contributed by atoms with E-state index in [9.17, 15) is 8.42 Å². The SMILES string of the molecule is CC1CCN(S(=O)(=O)NC2(C)CCNCC2)CC1. The minimum atomic E-state index is -3.31. The zero-order chi connectivity index (χ0) is 13.2. The van der Waals surface area contributed by atoms with Crippen molar-refractivity contribution in [1.82, 2.24) is 14.3 Å². The van der Waals surface area contributed by atoms with Crippen LogP contribution in [0.15, 0.2) is 0 Å². The van der Waals surface area contributed by atoms with Crippen molar-refractivity contribution in [3.05, 3.63) is 0 Å². The summed E-state index contributed by atoms with van der Waals surface area (Å²) in [6.45, 7) is 7.28. The molecule has 0 saturated carbocycles. The van der Waals surface area contributed by atoms with Gasteiger partial charge in [-0.3, -0.25) is 0 Å². The van der Waals surface area contributed by atoms with E-state index in [-0.39, 0.29) is 5.54 Å². The van der Waals surface area contributed by atoms with Gasteiger partial charge in [0.1, 0.15) is 0 Å². The molecule has 2 aliphatic heterocycles. The molecule has 2 N–H and O–H groups in total. The van der Waals surface area contributed by atoms with Gasteiger partial charge in [0.05, 0.1) is 0 Å². The van der Waals surface area contributed by atoms with Crippen molar-refractivity contribution in [3.8, 4) is 0 Å². The molecule has 0 aromatic rings. The molecule has 0 unspecified atom stereocenters. The highest BCUT2D eigenvalue weighted by Gasteiger charge is 2.35. The summed E-state index contributed by atoms with van der Waals surface area (Å²) >= 11 is 0. The van der Waals surface area contributed by atoms with Gasteiger partial charge in [-0.15, -0.1) is 0 Å². The summed E-state index contributed by atoms with van der Waals surface area (Å²) in [5.41, 5.74) is -0.285. The predicted octanol–water partition coefficient (Wildman–Crippen LogP) is 0.695. The maximum absolute atomic E-state index is 12.4. The first-order valence-electron chi connectivity index (χ1n) is 6.91. The average molecular weight is 275 g/mol. The third kappa shape index (κ3) is 3.44. The van der Waals surface area contributed by atoms with Crippen LogP contribution in [0.5, 0.6) is 0 Å². The van der Waals surface area contributed by atoms with Gasteiger partial charge in [0.15, 0.2) is 0 Å². The molecule has 6 heteroatoms. The summed E-state index contributed by atoms with van der Waals surface area (Å²) in [5, 5.41) is 3.26. The van der Waals surface area contributed by atoms with Crippen LogP contribution in [0, 0.1) is 5.92 Å². The number of rotatable bonds is 3. The van der Waals surface area contributed by atoms with Gasteiger partial charge in [0.2, 0.25) is 0 Å². The van der Waals surface area contributed by atoms with Crippen molar-refractivity contribution in [3.63, 3.8) is 0 Å². The van der Waals surface area contributed by atoms with E-state index in [1.165, 1.54) is 0 Å². The third-order valence-electron chi connectivity index (χ3n) is 4.17. The van der Waals surface area contributed by atoms with Gasteiger partial charge >= 0.3 is 0 Å². The van der Waals surface area contributed by atoms with Crippen molar-refractivity contribution in [2.75, 3.05) is 26.2 Å². The summed E-state index contributed by atoms with van der Waals surface area (Å²) in [4.78, 5) is 0. The van der Waals surface area contributed by atoms with Crippen molar-refractivity contribution in [2.45, 2.75) is 45.1 Å². The van der Waals surface area contributed by atoms with Crippen molar-refractivity contribution < 1.29 is 8.42 Å². The fourth-order valence-electron chi connectivity index (χ4n) is 2.68. The Kier molecular flexibility index (Phi) is 4.31. The van der Waals surface area contributed by atoms with E-state index >= 15 is 0 Å². The van der Waals surface area contributed by atoms with Crippen LogP contribution in [-0.4, -0.2) is 44.4 Å². The Balaban J connectivity index is 1.98. The molecule has 106 valence electrons. The first kappa shape index (κ1) is 14.2. The lowest BCUT2D eigenvalue weighted by Gasteiger charge is -2.38. The van der Waals surface area contributed by atoms with E-state index in [1.54, 1.807) is 4.31 Å². The quantitative estimate of drug-likeness (QED) is 0.797. The smallest absolute Gasteiger partial charge is 0.279 e. The second kappa shape index (κ2) is 5.45. The first-order valence-corrected chi connectivity index (χ1v) is 8.35. The molecule has 18 heavy (non-hydrogen) atoms. The third-order valence-corrected chi connectivity index (χ3v) is 5.96. The van der Waals surface area contributed by atoms with Crippen molar-refractivity contribution in [2.24, 2.45) is 5.92 Å². The fourth-order valence-corrected chi connectivity index (χ4v) is 4.33. The summed E-state index contributed by atoms with van der Waals surface area (Å²) < 4.78 is 29.2. The van der Waals surface area contributed by atoms with Crippen LogP contribution in [0.4, 0.5) is 0 Å². The highest BCUT2D eigenvalue weighted by molar-refractivity contribution is 7.87. The summed E-state index contributed by atoms with van der Waals surface area (Å²) in [7, 11) is -3.31. The second-order valence-electron chi connectivity index (χ2n) is 6.00. The van der Waals surface area contributed by atoms with E-state index < -0.39 is 10.2 Å². The van der Waals surface area contributed by atoms with Crippen LogP contribution in [0.25, 0.3) is 0 Å². The molecule has 0 bridgehead atoms. The Labute approximate surface area is 110 Å². The van der Waals surface area contributed by atoms with E-state index in [0.29, 0.717) is 19.0 Å². The lowest BCUT2D eigenvalue weighted by atomic mass is 9.92. The van der Waals surface area contributed by atoms with Crippen LogP contribution >= 0.6 is 0 Å². The van der Waals surface area contributed by atoms with E-state index in [2.05, 4.69) is 17.0 Å². The number of nitrogens with zero attached hydrogens (tertiary/aromatic N) is 1. The molecule has 2 heterocycles. The van der Waals surface area contributed by atoms with Crippen LogP contribution in [0.1, 0.15) is 39.5 Å². The summed E-state index contributed by atoms with van der Waals surface area (Å²) in [6.07, 6.45) is 3.66. The predicted molar refractivity (Wildman–Crippen MR) is 72.5 cm³/mol. The molecule has 5 nitrogen and oxygen atoms in total. The van der Waals surface area contributed by atoms with Crippen molar-refractivity contribution in [1.29, 1.82) is 0 Å². The molecule has 2 fully saturated rings. The Morgan fingerprint density at radius 2 is 1.78 bits per heavy atom. The molecule has 0 atom stereocenters. The molecule has 0 aromatic heterocycles. The lowest BCUT2D eigenvalue weighted by Crippen LogP contribution is -2.56. The number of piperidine rings is 2. The first-order chi connectivity index (χ1) is 8.41. The molecule has 0 radical (unpaired) electrons. The van der Waals surface area contributed by atoms with Crippen LogP contribution < -0.4 is 10.0 Å². The average Bonchev–Trinajstić information content (AvgIpc) is 2.29. The maximum atomic E-state index is 12.4. The molecular formula is C12H25N3O2S. The van der Waals surface area contributed by atoms with Crippen molar-refractivity contribution >= 4 is 10.2 Å².